The van der Waals surface area contributed by atoms with Crippen LogP contribution in [0.25, 0.3) is 11.0 Å². The topological polar surface area (TPSA) is 57.0 Å². The highest BCUT2D eigenvalue weighted by atomic mass is 16.5. The molecule has 0 atom stereocenters. The van der Waals surface area contributed by atoms with Crippen molar-refractivity contribution in [1.82, 2.24) is 14.8 Å². The van der Waals surface area contributed by atoms with Gasteiger partial charge in [0.1, 0.15) is 16.8 Å². The average molecular weight is 219 g/mol. The number of aryl methyl sites for hydroxylation is 1. The van der Waals surface area contributed by atoms with Crippen molar-refractivity contribution in [1.29, 1.82) is 0 Å². The molecule has 84 valence electrons. The number of rotatable bonds is 3. The number of carbonyl (C=O) groups is 1. The van der Waals surface area contributed by atoms with Crippen LogP contribution in [0.15, 0.2) is 12.4 Å². The van der Waals surface area contributed by atoms with Crippen molar-refractivity contribution < 1.29 is 9.53 Å². The number of nitrogens with zero attached hydrogens (tertiary/aromatic N) is 3. The van der Waals surface area contributed by atoms with Crippen LogP contribution in [-0.2, 0) is 11.3 Å². The maximum Gasteiger partial charge on any atom is 0.164 e. The summed E-state index contributed by atoms with van der Waals surface area (Å²) in [6.07, 6.45) is 3.45. The van der Waals surface area contributed by atoms with E-state index in [0.717, 1.165) is 16.6 Å². The molecule has 0 radical (unpaired) electrons. The summed E-state index contributed by atoms with van der Waals surface area (Å²) in [6.45, 7) is 3.82. The number of aromatic nitrogens is 3. The van der Waals surface area contributed by atoms with Gasteiger partial charge in [0, 0.05) is 6.20 Å². The molecule has 0 saturated heterocycles. The second kappa shape index (κ2) is 3.92. The fourth-order valence-corrected chi connectivity index (χ4v) is 1.78. The van der Waals surface area contributed by atoms with E-state index in [0.29, 0.717) is 12.3 Å². The van der Waals surface area contributed by atoms with E-state index in [1.54, 1.807) is 20.2 Å². The van der Waals surface area contributed by atoms with Crippen LogP contribution in [0.1, 0.15) is 12.5 Å². The first kappa shape index (κ1) is 10.6. The molecule has 0 N–H and O–H groups in total. The van der Waals surface area contributed by atoms with Gasteiger partial charge in [-0.2, -0.15) is 5.10 Å². The van der Waals surface area contributed by atoms with Gasteiger partial charge in [-0.1, -0.05) is 0 Å². The quantitative estimate of drug-likeness (QED) is 0.781. The summed E-state index contributed by atoms with van der Waals surface area (Å²) in [7, 11) is 1.58. The fourth-order valence-electron chi connectivity index (χ4n) is 1.78. The number of fused-ring (bicyclic) bond motifs is 1. The van der Waals surface area contributed by atoms with Gasteiger partial charge >= 0.3 is 0 Å². The molecule has 0 saturated carbocycles. The van der Waals surface area contributed by atoms with Gasteiger partial charge in [0.25, 0.3) is 0 Å². The Morgan fingerprint density at radius 3 is 2.94 bits per heavy atom. The summed E-state index contributed by atoms with van der Waals surface area (Å²) < 4.78 is 7.08. The molecular weight excluding hydrogens is 206 g/mol. The number of ketones is 1. The summed E-state index contributed by atoms with van der Waals surface area (Å²) in [4.78, 5) is 11.2. The van der Waals surface area contributed by atoms with Crippen LogP contribution in [0.3, 0.4) is 0 Å². The van der Waals surface area contributed by atoms with Gasteiger partial charge in [-0.05, 0) is 19.4 Å². The minimum Gasteiger partial charge on any atom is -0.493 e. The summed E-state index contributed by atoms with van der Waals surface area (Å²) in [5, 5.41) is 7.92. The predicted molar refractivity (Wildman–Crippen MR) is 59.5 cm³/mol. The largest absolute Gasteiger partial charge is 0.493 e. The van der Waals surface area contributed by atoms with Crippen LogP contribution in [-0.4, -0.2) is 27.7 Å². The Bertz CT molecular complexity index is 545. The van der Waals surface area contributed by atoms with Crippen LogP contribution in [0.4, 0.5) is 0 Å². The second-order valence-electron chi connectivity index (χ2n) is 3.75. The van der Waals surface area contributed by atoms with E-state index in [1.165, 1.54) is 0 Å². The van der Waals surface area contributed by atoms with Gasteiger partial charge < -0.3 is 9.30 Å². The highest BCUT2D eigenvalue weighted by molar-refractivity contribution is 5.86. The molecule has 0 aromatic carbocycles. The minimum atomic E-state index is 0.0933. The van der Waals surface area contributed by atoms with Crippen LogP contribution in [0, 0.1) is 6.92 Å². The van der Waals surface area contributed by atoms with Crippen molar-refractivity contribution in [2.45, 2.75) is 20.4 Å². The van der Waals surface area contributed by atoms with Crippen LogP contribution in [0.2, 0.25) is 0 Å². The highest BCUT2D eigenvalue weighted by Gasteiger charge is 2.13. The predicted octanol–water partition coefficient (Wildman–Crippen LogP) is 1.34. The third kappa shape index (κ3) is 1.64. The molecular formula is C11H13N3O2. The molecule has 16 heavy (non-hydrogen) atoms. The van der Waals surface area contributed by atoms with Gasteiger partial charge in [0.05, 0.1) is 19.9 Å². The zero-order valence-electron chi connectivity index (χ0n) is 9.52. The lowest BCUT2D eigenvalue weighted by Gasteiger charge is -2.05. The Hall–Kier alpha value is -1.91. The first-order valence-electron chi connectivity index (χ1n) is 4.98. The van der Waals surface area contributed by atoms with Crippen molar-refractivity contribution in [2.24, 2.45) is 0 Å². The van der Waals surface area contributed by atoms with Gasteiger partial charge in [-0.3, -0.25) is 4.79 Å². The number of ether oxygens (including phenoxy) is 1. The molecule has 0 aliphatic heterocycles. The SMILES string of the molecule is COc1cnnc2c(C)cn(CC(C)=O)c12. The van der Waals surface area contributed by atoms with E-state index >= 15 is 0 Å². The Morgan fingerprint density at radius 2 is 2.31 bits per heavy atom. The van der Waals surface area contributed by atoms with Crippen LogP contribution >= 0.6 is 0 Å². The number of Topliss-reactive ketones (excluding diaryl/α,β-unsaturated/α-hetero) is 1. The maximum absolute atomic E-state index is 11.2. The molecule has 2 aromatic rings. The lowest BCUT2D eigenvalue weighted by atomic mass is 10.3. The van der Waals surface area contributed by atoms with E-state index in [4.69, 9.17) is 4.74 Å². The minimum absolute atomic E-state index is 0.0933. The summed E-state index contributed by atoms with van der Waals surface area (Å²) >= 11 is 0. The molecule has 0 fully saturated rings. The monoisotopic (exact) mass is 219 g/mol. The number of methoxy groups -OCH3 is 1. The zero-order valence-corrected chi connectivity index (χ0v) is 9.52. The van der Waals surface area contributed by atoms with Crippen molar-refractivity contribution >= 4 is 16.8 Å². The van der Waals surface area contributed by atoms with E-state index in [1.807, 2.05) is 17.7 Å². The maximum atomic E-state index is 11.2. The number of hydrogen-bond donors (Lipinski definition) is 0. The first-order chi connectivity index (χ1) is 7.63. The summed E-state index contributed by atoms with van der Waals surface area (Å²) in [5.41, 5.74) is 2.59. The van der Waals surface area contributed by atoms with E-state index in [-0.39, 0.29) is 5.78 Å². The molecule has 0 unspecified atom stereocenters. The third-order valence-electron chi connectivity index (χ3n) is 2.41. The van der Waals surface area contributed by atoms with E-state index < -0.39 is 0 Å². The van der Waals surface area contributed by atoms with Crippen molar-refractivity contribution in [3.05, 3.63) is 18.0 Å². The highest BCUT2D eigenvalue weighted by Crippen LogP contribution is 2.26. The summed E-state index contributed by atoms with van der Waals surface area (Å²) in [6, 6.07) is 0. The lowest BCUT2D eigenvalue weighted by molar-refractivity contribution is -0.117. The Morgan fingerprint density at radius 1 is 1.56 bits per heavy atom. The van der Waals surface area contributed by atoms with Gasteiger partial charge in [0.15, 0.2) is 5.75 Å². The molecule has 0 bridgehead atoms. The van der Waals surface area contributed by atoms with E-state index in [2.05, 4.69) is 10.2 Å². The summed E-state index contributed by atoms with van der Waals surface area (Å²) in [5.74, 6) is 0.732. The van der Waals surface area contributed by atoms with Gasteiger partial charge in [-0.15, -0.1) is 5.10 Å². The molecule has 2 heterocycles. The first-order valence-corrected chi connectivity index (χ1v) is 4.98. The Labute approximate surface area is 93.0 Å². The van der Waals surface area contributed by atoms with Crippen molar-refractivity contribution in [3.63, 3.8) is 0 Å². The van der Waals surface area contributed by atoms with Gasteiger partial charge in [-0.25, -0.2) is 0 Å². The smallest absolute Gasteiger partial charge is 0.164 e. The molecule has 2 rings (SSSR count). The van der Waals surface area contributed by atoms with Crippen LogP contribution in [0.5, 0.6) is 5.75 Å². The average Bonchev–Trinajstić information content (AvgIpc) is 2.55. The third-order valence-corrected chi connectivity index (χ3v) is 2.41. The number of hydrogen-bond acceptors (Lipinski definition) is 4. The van der Waals surface area contributed by atoms with E-state index in [9.17, 15) is 4.79 Å². The molecule has 0 amide bonds. The normalized spacial score (nSPS) is 10.7. The van der Waals surface area contributed by atoms with Crippen molar-refractivity contribution in [3.8, 4) is 5.75 Å². The van der Waals surface area contributed by atoms with Crippen molar-refractivity contribution in [2.75, 3.05) is 7.11 Å². The Kier molecular flexibility index (Phi) is 2.60. The van der Waals surface area contributed by atoms with Crippen LogP contribution < -0.4 is 4.74 Å². The second-order valence-corrected chi connectivity index (χ2v) is 3.75. The fraction of sp³-hybridized carbons (Fsp3) is 0.364. The molecule has 2 aromatic heterocycles. The standard InChI is InChI=1S/C11H13N3O2/c1-7-5-14(6-8(2)15)11-9(16-3)4-12-13-10(7)11/h4-5H,6H2,1-3H3. The lowest BCUT2D eigenvalue weighted by Crippen LogP contribution is -2.05. The van der Waals surface area contributed by atoms with Gasteiger partial charge in [0.2, 0.25) is 0 Å². The molecule has 0 aliphatic carbocycles. The zero-order chi connectivity index (χ0) is 11.7. The molecule has 5 heteroatoms. The molecule has 0 spiro atoms. The number of carbonyl (C=O) groups excluding carboxylic acids is 1. The molecule has 5 nitrogen and oxygen atoms in total. The molecule has 0 aliphatic rings. The Balaban J connectivity index is 2.69.